The summed E-state index contributed by atoms with van der Waals surface area (Å²) in [5.41, 5.74) is 1.33. The number of hydrogen-bond acceptors (Lipinski definition) is 5. The minimum absolute atomic E-state index is 0.333. The Kier molecular flexibility index (Phi) is 5.79. The molecule has 20 heavy (non-hydrogen) atoms. The number of ether oxygens (including phenoxy) is 3. The van der Waals surface area contributed by atoms with Gasteiger partial charge in [0.05, 0.1) is 14.2 Å². The largest absolute Gasteiger partial charge is 0.493 e. The van der Waals surface area contributed by atoms with Crippen LogP contribution in [0.2, 0.25) is 0 Å². The first-order valence-electron chi connectivity index (χ1n) is 5.80. The molecule has 0 aliphatic rings. The number of benzene rings is 1. The lowest BCUT2D eigenvalue weighted by Gasteiger charge is -2.13. The predicted molar refractivity (Wildman–Crippen MR) is 71.4 cm³/mol. The molecule has 7 nitrogen and oxygen atoms in total. The van der Waals surface area contributed by atoms with Crippen molar-refractivity contribution in [1.29, 1.82) is 0 Å². The Morgan fingerprint density at radius 3 is 2.30 bits per heavy atom. The van der Waals surface area contributed by atoms with Gasteiger partial charge in [0.1, 0.15) is 13.2 Å². The fourth-order valence-electron chi connectivity index (χ4n) is 1.53. The first kappa shape index (κ1) is 15.8. The number of hydrogen-bond donors (Lipinski definition) is 2. The van der Waals surface area contributed by atoms with Crippen molar-refractivity contribution in [3.05, 3.63) is 17.7 Å². The van der Waals surface area contributed by atoms with Crippen LogP contribution in [0.15, 0.2) is 12.1 Å². The van der Waals surface area contributed by atoms with E-state index < -0.39 is 18.5 Å². The van der Waals surface area contributed by atoms with Crippen LogP contribution in [0.4, 0.5) is 5.69 Å². The van der Waals surface area contributed by atoms with Crippen LogP contribution >= 0.6 is 0 Å². The van der Waals surface area contributed by atoms with E-state index in [-0.39, 0.29) is 6.61 Å². The molecule has 0 aliphatic carbocycles. The van der Waals surface area contributed by atoms with Crippen LogP contribution in [-0.2, 0) is 14.3 Å². The van der Waals surface area contributed by atoms with Crippen LogP contribution in [0.25, 0.3) is 0 Å². The predicted octanol–water partition coefficient (Wildman–Crippen LogP) is 1.05. The van der Waals surface area contributed by atoms with Crippen molar-refractivity contribution in [3.8, 4) is 11.5 Å². The Bertz CT molecular complexity index is 500. The Morgan fingerprint density at radius 2 is 1.75 bits per heavy atom. The van der Waals surface area contributed by atoms with E-state index in [1.54, 1.807) is 19.1 Å². The van der Waals surface area contributed by atoms with Gasteiger partial charge in [0.25, 0.3) is 0 Å². The van der Waals surface area contributed by atoms with E-state index >= 15 is 0 Å². The number of aliphatic carboxylic acids is 1. The number of carbonyl (C=O) groups excluding carboxylic acids is 1. The second-order valence-corrected chi connectivity index (χ2v) is 3.96. The summed E-state index contributed by atoms with van der Waals surface area (Å²) in [5, 5.41) is 11.0. The summed E-state index contributed by atoms with van der Waals surface area (Å²) in [5.74, 6) is -0.522. The molecule has 0 bridgehead atoms. The van der Waals surface area contributed by atoms with Gasteiger partial charge in [0, 0.05) is 11.8 Å². The molecular weight excluding hydrogens is 266 g/mol. The smallest absolute Gasteiger partial charge is 0.329 e. The molecule has 0 atom stereocenters. The molecule has 110 valence electrons. The lowest BCUT2D eigenvalue weighted by molar-refractivity contribution is -0.143. The molecule has 0 spiro atoms. The Hall–Kier alpha value is -2.28. The van der Waals surface area contributed by atoms with Crippen molar-refractivity contribution in [2.75, 3.05) is 32.8 Å². The molecule has 0 aliphatic heterocycles. The van der Waals surface area contributed by atoms with Crippen molar-refractivity contribution >= 4 is 17.6 Å². The molecule has 0 unspecified atom stereocenters. The van der Waals surface area contributed by atoms with Crippen molar-refractivity contribution in [2.45, 2.75) is 6.92 Å². The standard InChI is InChI=1S/C13H17NO6/c1-8-4-10(18-2)11(19-3)5-9(8)14-12(15)6-20-7-13(16)17/h4-5H,6-7H2,1-3H3,(H,14,15)(H,16,17). The topological polar surface area (TPSA) is 94.1 Å². The summed E-state index contributed by atoms with van der Waals surface area (Å²) in [4.78, 5) is 21.9. The van der Waals surface area contributed by atoms with E-state index in [2.05, 4.69) is 5.32 Å². The lowest BCUT2D eigenvalue weighted by atomic mass is 10.1. The average Bonchev–Trinajstić information content (AvgIpc) is 2.40. The quantitative estimate of drug-likeness (QED) is 0.777. The number of rotatable bonds is 7. The third-order valence-corrected chi connectivity index (χ3v) is 2.46. The molecule has 0 radical (unpaired) electrons. The van der Waals surface area contributed by atoms with Crippen LogP contribution in [0.1, 0.15) is 5.56 Å². The first-order valence-corrected chi connectivity index (χ1v) is 5.80. The van der Waals surface area contributed by atoms with Crippen molar-refractivity contribution in [2.24, 2.45) is 0 Å². The van der Waals surface area contributed by atoms with Gasteiger partial charge >= 0.3 is 5.97 Å². The molecule has 1 aromatic rings. The molecule has 0 aromatic heterocycles. The number of carbonyl (C=O) groups is 2. The normalized spacial score (nSPS) is 9.95. The minimum Gasteiger partial charge on any atom is -0.493 e. The molecule has 1 rings (SSSR count). The number of nitrogens with one attached hydrogen (secondary N) is 1. The van der Waals surface area contributed by atoms with Gasteiger partial charge in [-0.3, -0.25) is 4.79 Å². The van der Waals surface area contributed by atoms with E-state index in [0.29, 0.717) is 17.2 Å². The molecule has 0 fully saturated rings. The number of amides is 1. The minimum atomic E-state index is -1.12. The van der Waals surface area contributed by atoms with E-state index in [4.69, 9.17) is 19.3 Å². The number of methoxy groups -OCH3 is 2. The maximum absolute atomic E-state index is 11.6. The Morgan fingerprint density at radius 1 is 1.15 bits per heavy atom. The van der Waals surface area contributed by atoms with Crippen LogP contribution < -0.4 is 14.8 Å². The van der Waals surface area contributed by atoms with Gasteiger partial charge in [0.15, 0.2) is 11.5 Å². The highest BCUT2D eigenvalue weighted by atomic mass is 16.5. The number of aryl methyl sites for hydroxylation is 1. The third kappa shape index (κ3) is 4.43. The van der Waals surface area contributed by atoms with Crippen LogP contribution in [0.5, 0.6) is 11.5 Å². The second kappa shape index (κ2) is 7.34. The second-order valence-electron chi connectivity index (χ2n) is 3.96. The fourth-order valence-corrected chi connectivity index (χ4v) is 1.53. The number of carboxylic acids is 1. The van der Waals surface area contributed by atoms with Crippen molar-refractivity contribution < 1.29 is 28.9 Å². The maximum Gasteiger partial charge on any atom is 0.329 e. The Balaban J connectivity index is 2.72. The fraction of sp³-hybridized carbons (Fsp3) is 0.385. The third-order valence-electron chi connectivity index (χ3n) is 2.46. The highest BCUT2D eigenvalue weighted by molar-refractivity contribution is 5.93. The molecule has 7 heteroatoms. The molecule has 0 heterocycles. The van der Waals surface area contributed by atoms with Crippen molar-refractivity contribution in [1.82, 2.24) is 0 Å². The molecule has 2 N–H and O–H groups in total. The van der Waals surface area contributed by atoms with Crippen molar-refractivity contribution in [3.63, 3.8) is 0 Å². The zero-order valence-electron chi connectivity index (χ0n) is 11.6. The van der Waals surface area contributed by atoms with Crippen LogP contribution in [0, 0.1) is 6.92 Å². The lowest BCUT2D eigenvalue weighted by Crippen LogP contribution is -2.21. The van der Waals surface area contributed by atoms with Gasteiger partial charge in [-0.15, -0.1) is 0 Å². The van der Waals surface area contributed by atoms with Crippen LogP contribution in [-0.4, -0.2) is 44.4 Å². The first-order chi connectivity index (χ1) is 9.47. The van der Waals surface area contributed by atoms with Gasteiger partial charge < -0.3 is 24.6 Å². The summed E-state index contributed by atoms with van der Waals surface area (Å²) in [6, 6.07) is 3.36. The molecular formula is C13H17NO6. The molecule has 1 aromatic carbocycles. The number of anilines is 1. The summed E-state index contributed by atoms with van der Waals surface area (Å²) in [7, 11) is 3.02. The summed E-state index contributed by atoms with van der Waals surface area (Å²) < 4.78 is 15.0. The summed E-state index contributed by atoms with van der Waals surface area (Å²) in [6.07, 6.45) is 0. The van der Waals surface area contributed by atoms with Gasteiger partial charge in [-0.05, 0) is 18.6 Å². The molecule has 0 saturated carbocycles. The zero-order chi connectivity index (χ0) is 15.1. The molecule has 0 saturated heterocycles. The Labute approximate surface area is 116 Å². The van der Waals surface area contributed by atoms with Gasteiger partial charge in [-0.1, -0.05) is 0 Å². The molecule has 1 amide bonds. The average molecular weight is 283 g/mol. The SMILES string of the molecule is COc1cc(C)c(NC(=O)COCC(=O)O)cc1OC. The van der Waals surface area contributed by atoms with Crippen LogP contribution in [0.3, 0.4) is 0 Å². The van der Waals surface area contributed by atoms with Gasteiger partial charge in [0.2, 0.25) is 5.91 Å². The summed E-state index contributed by atoms with van der Waals surface area (Å²) in [6.45, 7) is 0.952. The highest BCUT2D eigenvalue weighted by Gasteiger charge is 2.11. The van der Waals surface area contributed by atoms with E-state index in [0.717, 1.165) is 5.56 Å². The summed E-state index contributed by atoms with van der Waals surface area (Å²) >= 11 is 0. The zero-order valence-corrected chi connectivity index (χ0v) is 11.6. The van der Waals surface area contributed by atoms with E-state index in [9.17, 15) is 9.59 Å². The maximum atomic E-state index is 11.6. The monoisotopic (exact) mass is 283 g/mol. The highest BCUT2D eigenvalue weighted by Crippen LogP contribution is 2.32. The van der Waals surface area contributed by atoms with E-state index in [1.807, 2.05) is 0 Å². The van der Waals surface area contributed by atoms with Gasteiger partial charge in [-0.25, -0.2) is 4.79 Å². The van der Waals surface area contributed by atoms with Gasteiger partial charge in [-0.2, -0.15) is 0 Å². The van der Waals surface area contributed by atoms with E-state index in [1.165, 1.54) is 14.2 Å². The number of carboxylic acid groups (broad SMARTS) is 1.